The zero-order valence-corrected chi connectivity index (χ0v) is 22.6. The Morgan fingerprint density at radius 3 is 2.22 bits per heavy atom. The molecule has 4 rings (SSSR count). The Balaban J connectivity index is 0.000000207. The zero-order valence-electron chi connectivity index (χ0n) is 21.8. The third-order valence-electron chi connectivity index (χ3n) is 6.20. The molecule has 2 amide bonds. The number of likely N-dealkylation sites (tertiary alicyclic amines) is 1. The molecule has 1 unspecified atom stereocenters. The highest BCUT2D eigenvalue weighted by molar-refractivity contribution is 7.07. The van der Waals surface area contributed by atoms with Crippen molar-refractivity contribution in [2.24, 2.45) is 0 Å². The molecule has 2 heterocycles. The van der Waals surface area contributed by atoms with Crippen LogP contribution in [0.1, 0.15) is 74.3 Å². The Morgan fingerprint density at radius 2 is 1.69 bits per heavy atom. The quantitative estimate of drug-likeness (QED) is 0.539. The lowest BCUT2D eigenvalue weighted by atomic mass is 10.0. The van der Waals surface area contributed by atoms with Gasteiger partial charge in [-0.25, -0.2) is 4.98 Å². The van der Waals surface area contributed by atoms with Crippen LogP contribution in [0.3, 0.4) is 0 Å². The van der Waals surface area contributed by atoms with Gasteiger partial charge in [-0.1, -0.05) is 50.7 Å². The molecule has 0 bridgehead atoms. The molecular weight excluding hydrogens is 476 g/mol. The predicted octanol–water partition coefficient (Wildman–Crippen LogP) is 4.06. The highest BCUT2D eigenvalue weighted by Crippen LogP contribution is 2.16. The Kier molecular flexibility index (Phi) is 13.8. The van der Waals surface area contributed by atoms with E-state index in [4.69, 9.17) is 4.74 Å². The number of benzene rings is 1. The van der Waals surface area contributed by atoms with Gasteiger partial charge in [-0.3, -0.25) is 14.4 Å². The van der Waals surface area contributed by atoms with E-state index in [9.17, 15) is 14.4 Å². The van der Waals surface area contributed by atoms with E-state index in [1.165, 1.54) is 49.9 Å². The number of carbonyl (C=O) groups is 3. The number of amides is 2. The number of nitrogens with zero attached hydrogens (tertiary/aromatic N) is 2. The lowest BCUT2D eigenvalue weighted by Crippen LogP contribution is -2.45. The standard InChI is InChI=1S/C11H9NO2S.C10H19N3O2.C6H12/c1-14-9-4-2-3-8(5-9)11(13)10-6-15-7-12-10;1-8(11-2)10(15)12-7-9(14)13-5-3-4-6-13;1-2-4-6-5-3-1/h2-7H,1H3;8,11H,3-7H2,1-2H3,(H,12,15);1-6H2. The highest BCUT2D eigenvalue weighted by atomic mass is 32.1. The van der Waals surface area contributed by atoms with E-state index in [0.717, 1.165) is 25.9 Å². The average molecular weight is 517 g/mol. The number of methoxy groups -OCH3 is 1. The van der Waals surface area contributed by atoms with Crippen molar-refractivity contribution >= 4 is 28.9 Å². The van der Waals surface area contributed by atoms with Crippen LogP contribution < -0.4 is 15.4 Å². The fraction of sp³-hybridized carbons (Fsp3) is 0.556. The smallest absolute Gasteiger partial charge is 0.241 e. The van der Waals surface area contributed by atoms with Crippen LogP contribution in [0, 0.1) is 0 Å². The maximum Gasteiger partial charge on any atom is 0.241 e. The van der Waals surface area contributed by atoms with Gasteiger partial charge in [0.05, 0.1) is 25.2 Å². The van der Waals surface area contributed by atoms with E-state index in [2.05, 4.69) is 15.6 Å². The van der Waals surface area contributed by atoms with Crippen molar-refractivity contribution < 1.29 is 19.1 Å². The molecular formula is C27H40N4O4S. The Labute approximate surface area is 218 Å². The Morgan fingerprint density at radius 1 is 1.06 bits per heavy atom. The molecule has 198 valence electrons. The topological polar surface area (TPSA) is 101 Å². The lowest BCUT2D eigenvalue weighted by molar-refractivity contribution is -0.132. The number of ether oxygens (including phenoxy) is 1. The second-order valence-electron chi connectivity index (χ2n) is 8.87. The van der Waals surface area contributed by atoms with Crippen LogP contribution in [0.4, 0.5) is 0 Å². The molecule has 0 spiro atoms. The van der Waals surface area contributed by atoms with Crippen LogP contribution in [0.2, 0.25) is 0 Å². The van der Waals surface area contributed by atoms with Crippen molar-refractivity contribution in [2.45, 2.75) is 64.3 Å². The first kappa shape index (κ1) is 29.5. The minimum absolute atomic E-state index is 0.0177. The number of aromatic nitrogens is 1. The summed E-state index contributed by atoms with van der Waals surface area (Å²) >= 11 is 1.41. The summed E-state index contributed by atoms with van der Waals surface area (Å²) in [5.41, 5.74) is 2.72. The molecule has 2 aliphatic rings. The minimum atomic E-state index is -0.253. The maximum atomic E-state index is 11.9. The summed E-state index contributed by atoms with van der Waals surface area (Å²) in [5, 5.41) is 7.18. The minimum Gasteiger partial charge on any atom is -0.497 e. The number of hydrogen-bond donors (Lipinski definition) is 2. The van der Waals surface area contributed by atoms with E-state index in [0.29, 0.717) is 17.0 Å². The summed E-state index contributed by atoms with van der Waals surface area (Å²) < 4.78 is 5.05. The van der Waals surface area contributed by atoms with Crippen LogP contribution >= 0.6 is 11.3 Å². The van der Waals surface area contributed by atoms with Crippen molar-refractivity contribution in [3.63, 3.8) is 0 Å². The van der Waals surface area contributed by atoms with Gasteiger partial charge in [0.25, 0.3) is 0 Å². The number of thiazole rings is 1. The fourth-order valence-corrected chi connectivity index (χ4v) is 4.35. The molecule has 1 aromatic carbocycles. The average Bonchev–Trinajstić information content (AvgIpc) is 3.67. The van der Waals surface area contributed by atoms with Gasteiger partial charge >= 0.3 is 0 Å². The SMILES string of the molecule is C1CCCCC1.CNC(C)C(=O)NCC(=O)N1CCCC1.COc1cccc(C(=O)c2cscn2)c1. The van der Waals surface area contributed by atoms with Gasteiger partial charge in [0.1, 0.15) is 11.4 Å². The van der Waals surface area contributed by atoms with Crippen LogP contribution in [-0.2, 0) is 9.59 Å². The van der Waals surface area contributed by atoms with Crippen molar-refractivity contribution in [3.05, 3.63) is 46.4 Å². The van der Waals surface area contributed by atoms with E-state index >= 15 is 0 Å². The number of rotatable bonds is 7. The molecule has 1 atom stereocenters. The summed E-state index contributed by atoms with van der Waals surface area (Å²) in [6.45, 7) is 3.53. The summed E-state index contributed by atoms with van der Waals surface area (Å²) in [7, 11) is 3.29. The summed E-state index contributed by atoms with van der Waals surface area (Å²) in [6.07, 6.45) is 11.2. The van der Waals surface area contributed by atoms with Crippen LogP contribution in [0.5, 0.6) is 5.75 Å². The third kappa shape index (κ3) is 10.5. The predicted molar refractivity (Wildman–Crippen MR) is 144 cm³/mol. The number of likely N-dealkylation sites (N-methyl/N-ethyl adjacent to an activating group) is 1. The Hall–Kier alpha value is -2.78. The first-order chi connectivity index (χ1) is 17.5. The maximum absolute atomic E-state index is 11.9. The number of ketones is 1. The van der Waals surface area contributed by atoms with E-state index < -0.39 is 0 Å². The molecule has 1 saturated carbocycles. The van der Waals surface area contributed by atoms with Crippen LogP contribution in [0.15, 0.2) is 35.2 Å². The van der Waals surface area contributed by atoms with Gasteiger partial charge in [0.2, 0.25) is 17.6 Å². The summed E-state index contributed by atoms with van der Waals surface area (Å²) in [4.78, 5) is 40.5. The molecule has 9 heteroatoms. The monoisotopic (exact) mass is 516 g/mol. The van der Waals surface area contributed by atoms with Crippen LogP contribution in [0.25, 0.3) is 0 Å². The normalized spacial score (nSPS) is 15.5. The third-order valence-corrected chi connectivity index (χ3v) is 6.78. The van der Waals surface area contributed by atoms with E-state index in [1.807, 2.05) is 0 Å². The fourth-order valence-electron chi connectivity index (χ4n) is 3.82. The molecule has 2 N–H and O–H groups in total. The van der Waals surface area contributed by atoms with Crippen molar-refractivity contribution in [1.29, 1.82) is 0 Å². The molecule has 0 radical (unpaired) electrons. The second-order valence-corrected chi connectivity index (χ2v) is 9.59. The molecule has 1 saturated heterocycles. The number of carbonyl (C=O) groups excluding carboxylic acids is 3. The van der Waals surface area contributed by atoms with Gasteiger partial charge < -0.3 is 20.3 Å². The molecule has 1 aliphatic heterocycles. The lowest BCUT2D eigenvalue weighted by Gasteiger charge is -2.16. The van der Waals surface area contributed by atoms with Crippen molar-refractivity contribution in [2.75, 3.05) is 33.8 Å². The second kappa shape index (κ2) is 16.8. The molecule has 1 aliphatic carbocycles. The van der Waals surface area contributed by atoms with Crippen molar-refractivity contribution in [3.8, 4) is 5.75 Å². The number of nitrogens with one attached hydrogen (secondary N) is 2. The molecule has 8 nitrogen and oxygen atoms in total. The van der Waals surface area contributed by atoms with E-state index in [1.54, 1.807) is 61.1 Å². The van der Waals surface area contributed by atoms with Gasteiger partial charge in [-0.2, -0.15) is 0 Å². The van der Waals surface area contributed by atoms with Gasteiger partial charge in [0.15, 0.2) is 0 Å². The highest BCUT2D eigenvalue weighted by Gasteiger charge is 2.19. The van der Waals surface area contributed by atoms with Crippen LogP contribution in [-0.4, -0.2) is 67.3 Å². The molecule has 1 aromatic heterocycles. The molecule has 2 fully saturated rings. The summed E-state index contributed by atoms with van der Waals surface area (Å²) in [5.74, 6) is 0.487. The first-order valence-electron chi connectivity index (χ1n) is 12.8. The van der Waals surface area contributed by atoms with E-state index in [-0.39, 0.29) is 30.2 Å². The molecule has 2 aromatic rings. The summed E-state index contributed by atoms with van der Waals surface area (Å²) in [6, 6.07) is 6.80. The zero-order chi connectivity index (χ0) is 26.2. The number of hydrogen-bond acceptors (Lipinski definition) is 7. The first-order valence-corrected chi connectivity index (χ1v) is 13.7. The van der Waals surface area contributed by atoms with Crippen molar-refractivity contribution in [1.82, 2.24) is 20.5 Å². The van der Waals surface area contributed by atoms with Gasteiger partial charge in [0, 0.05) is 24.0 Å². The van der Waals surface area contributed by atoms with Gasteiger partial charge in [-0.05, 0) is 38.9 Å². The largest absolute Gasteiger partial charge is 0.497 e. The Bertz CT molecular complexity index is 914. The van der Waals surface area contributed by atoms with Gasteiger partial charge in [-0.15, -0.1) is 11.3 Å². The molecule has 36 heavy (non-hydrogen) atoms.